The Balaban J connectivity index is 2.49. The van der Waals surface area contributed by atoms with E-state index >= 15 is 0 Å². The fraction of sp³-hybridized carbons (Fsp3) is 0.500. The Hall–Kier alpha value is -2.77. The summed E-state index contributed by atoms with van der Waals surface area (Å²) in [5, 5.41) is 4.97. The van der Waals surface area contributed by atoms with Gasteiger partial charge in [0, 0.05) is 0 Å². The molecule has 0 aliphatic carbocycles. The number of rotatable bonds is 7. The van der Waals surface area contributed by atoms with Crippen molar-refractivity contribution in [2.45, 2.75) is 46.3 Å². The molecule has 0 aliphatic rings. The van der Waals surface area contributed by atoms with Gasteiger partial charge in [0.1, 0.15) is 18.2 Å². The molecule has 0 radical (unpaired) electrons. The predicted octanol–water partition coefficient (Wildman–Crippen LogP) is 1.80. The molecule has 8 heteroatoms. The van der Waals surface area contributed by atoms with Crippen molar-refractivity contribution in [3.05, 3.63) is 30.3 Å². The molecule has 0 spiro atoms. The van der Waals surface area contributed by atoms with Gasteiger partial charge < -0.3 is 15.4 Å². The van der Waals surface area contributed by atoms with Crippen molar-refractivity contribution in [1.29, 1.82) is 0 Å². The minimum atomic E-state index is -0.751. The Morgan fingerprint density at radius 2 is 1.69 bits per heavy atom. The van der Waals surface area contributed by atoms with E-state index in [1.54, 1.807) is 32.9 Å². The van der Waals surface area contributed by atoms with Crippen molar-refractivity contribution in [3.8, 4) is 0 Å². The molecule has 0 heterocycles. The molecular weight excluding hydrogens is 336 g/mol. The molecule has 26 heavy (non-hydrogen) atoms. The summed E-state index contributed by atoms with van der Waals surface area (Å²) in [6.07, 6.45) is -0.691. The normalized spacial score (nSPS) is 12.1. The lowest BCUT2D eigenvalue weighted by Crippen LogP contribution is -2.53. The van der Waals surface area contributed by atoms with E-state index in [0.29, 0.717) is 0 Å². The fourth-order valence-corrected chi connectivity index (χ4v) is 1.96. The predicted molar refractivity (Wildman–Crippen MR) is 99.2 cm³/mol. The Morgan fingerprint density at radius 1 is 1.08 bits per heavy atom. The van der Waals surface area contributed by atoms with Gasteiger partial charge in [0.15, 0.2) is 0 Å². The molecule has 0 unspecified atom stereocenters. The van der Waals surface area contributed by atoms with Crippen LogP contribution in [0, 0.1) is 5.92 Å². The highest BCUT2D eigenvalue weighted by atomic mass is 16.6. The van der Waals surface area contributed by atoms with Gasteiger partial charge >= 0.3 is 6.09 Å². The van der Waals surface area contributed by atoms with E-state index in [1.165, 1.54) is 0 Å². The third-order valence-electron chi connectivity index (χ3n) is 3.16. The van der Waals surface area contributed by atoms with Crippen LogP contribution in [0.1, 0.15) is 34.6 Å². The van der Waals surface area contributed by atoms with Crippen LogP contribution in [0.15, 0.2) is 30.3 Å². The highest BCUT2D eigenvalue weighted by molar-refractivity contribution is 5.90. The molecule has 3 amide bonds. The number of benzene rings is 1. The van der Waals surface area contributed by atoms with E-state index < -0.39 is 23.6 Å². The second-order valence-electron chi connectivity index (χ2n) is 7.12. The number of carbonyl (C=O) groups excluding carboxylic acids is 3. The first-order valence-electron chi connectivity index (χ1n) is 8.45. The van der Waals surface area contributed by atoms with E-state index in [0.717, 1.165) is 5.69 Å². The number of hydrazine groups is 1. The minimum Gasteiger partial charge on any atom is -0.444 e. The average molecular weight is 364 g/mol. The molecular formula is C18H28N4O4. The molecule has 4 N–H and O–H groups in total. The first kappa shape index (κ1) is 21.3. The summed E-state index contributed by atoms with van der Waals surface area (Å²) in [5.74, 6) is -1.00. The first-order chi connectivity index (χ1) is 12.1. The van der Waals surface area contributed by atoms with Crippen molar-refractivity contribution in [1.82, 2.24) is 16.1 Å². The first-order valence-corrected chi connectivity index (χ1v) is 8.45. The lowest BCUT2D eigenvalue weighted by molar-refractivity contribution is -0.129. The lowest BCUT2D eigenvalue weighted by Gasteiger charge is -2.23. The third kappa shape index (κ3) is 8.36. The van der Waals surface area contributed by atoms with E-state index in [1.807, 2.05) is 32.0 Å². The van der Waals surface area contributed by atoms with Gasteiger partial charge in [0.2, 0.25) is 5.91 Å². The van der Waals surface area contributed by atoms with Crippen LogP contribution in [-0.2, 0) is 14.3 Å². The van der Waals surface area contributed by atoms with Gasteiger partial charge in [0.25, 0.3) is 5.91 Å². The molecule has 8 nitrogen and oxygen atoms in total. The fourth-order valence-electron chi connectivity index (χ4n) is 1.96. The number of carbonyl (C=O) groups is 3. The largest absolute Gasteiger partial charge is 0.444 e. The van der Waals surface area contributed by atoms with Crippen LogP contribution in [-0.4, -0.2) is 36.1 Å². The van der Waals surface area contributed by atoms with Crippen molar-refractivity contribution in [2.75, 3.05) is 12.0 Å². The maximum atomic E-state index is 12.3. The number of hydrogen-bond donors (Lipinski definition) is 4. The zero-order chi connectivity index (χ0) is 19.7. The quantitative estimate of drug-likeness (QED) is 0.552. The molecule has 1 aromatic carbocycles. The number of hydrogen-bond acceptors (Lipinski definition) is 5. The number of anilines is 1. The lowest BCUT2D eigenvalue weighted by atomic mass is 10.0. The highest BCUT2D eigenvalue weighted by Gasteiger charge is 2.24. The Kier molecular flexibility index (Phi) is 7.89. The van der Waals surface area contributed by atoms with Crippen LogP contribution in [0.25, 0.3) is 0 Å². The second kappa shape index (κ2) is 9.65. The monoisotopic (exact) mass is 364 g/mol. The average Bonchev–Trinajstić information content (AvgIpc) is 2.55. The van der Waals surface area contributed by atoms with Gasteiger partial charge in [-0.15, -0.1) is 0 Å². The zero-order valence-corrected chi connectivity index (χ0v) is 15.9. The molecule has 1 atom stereocenters. The minimum absolute atomic E-state index is 0.141. The van der Waals surface area contributed by atoms with Gasteiger partial charge in [0.05, 0.1) is 5.69 Å². The number of ether oxygens (including phenoxy) is 1. The Labute approximate surface area is 154 Å². The van der Waals surface area contributed by atoms with Crippen LogP contribution in [0.3, 0.4) is 0 Å². The van der Waals surface area contributed by atoms with E-state index in [2.05, 4.69) is 21.5 Å². The van der Waals surface area contributed by atoms with Gasteiger partial charge in [-0.3, -0.25) is 20.4 Å². The van der Waals surface area contributed by atoms with Crippen LogP contribution in [0.2, 0.25) is 0 Å². The highest BCUT2D eigenvalue weighted by Crippen LogP contribution is 2.07. The summed E-state index contributed by atoms with van der Waals surface area (Å²) in [7, 11) is 0. The van der Waals surface area contributed by atoms with Gasteiger partial charge in [-0.2, -0.15) is 0 Å². The molecule has 0 aromatic heterocycles. The Morgan fingerprint density at radius 3 is 2.23 bits per heavy atom. The molecule has 0 saturated carbocycles. The molecule has 0 aliphatic heterocycles. The van der Waals surface area contributed by atoms with Crippen molar-refractivity contribution in [3.63, 3.8) is 0 Å². The van der Waals surface area contributed by atoms with Crippen molar-refractivity contribution in [2.24, 2.45) is 5.92 Å². The molecule has 0 fully saturated rings. The Bertz CT molecular complexity index is 611. The molecule has 0 saturated heterocycles. The molecule has 144 valence electrons. The summed E-state index contributed by atoms with van der Waals surface area (Å²) < 4.78 is 5.06. The van der Waals surface area contributed by atoms with Crippen LogP contribution >= 0.6 is 0 Å². The van der Waals surface area contributed by atoms with E-state index in [9.17, 15) is 14.4 Å². The van der Waals surface area contributed by atoms with Crippen LogP contribution in [0.4, 0.5) is 10.5 Å². The van der Waals surface area contributed by atoms with Crippen LogP contribution < -0.4 is 21.5 Å². The number of para-hydroxylation sites is 1. The maximum Gasteiger partial charge on any atom is 0.408 e. The molecule has 1 aromatic rings. The third-order valence-corrected chi connectivity index (χ3v) is 3.16. The maximum absolute atomic E-state index is 12.3. The SMILES string of the molecule is CC(C)[C@H](NC(=O)CNC(=O)OC(C)(C)C)C(=O)NNc1ccccc1. The van der Waals surface area contributed by atoms with Gasteiger partial charge in [-0.05, 0) is 38.8 Å². The zero-order valence-electron chi connectivity index (χ0n) is 15.9. The molecule has 0 bridgehead atoms. The standard InChI is InChI=1S/C18H28N4O4/c1-12(2)15(16(24)22-21-13-9-7-6-8-10-13)20-14(23)11-19-17(25)26-18(3,4)5/h6-10,12,15,21H,11H2,1-5H3,(H,19,25)(H,20,23)(H,22,24)/t15-/m0/s1. The van der Waals surface area contributed by atoms with Gasteiger partial charge in [-0.1, -0.05) is 32.0 Å². The summed E-state index contributed by atoms with van der Waals surface area (Å²) in [5.41, 5.74) is 5.43. The topological polar surface area (TPSA) is 109 Å². The summed E-state index contributed by atoms with van der Waals surface area (Å²) >= 11 is 0. The summed E-state index contributed by atoms with van der Waals surface area (Å²) in [4.78, 5) is 35.9. The smallest absolute Gasteiger partial charge is 0.408 e. The summed E-state index contributed by atoms with van der Waals surface area (Å²) in [6, 6.07) is 8.38. The van der Waals surface area contributed by atoms with E-state index in [-0.39, 0.29) is 18.4 Å². The van der Waals surface area contributed by atoms with Crippen LogP contribution in [0.5, 0.6) is 0 Å². The van der Waals surface area contributed by atoms with Crippen molar-refractivity contribution < 1.29 is 19.1 Å². The van der Waals surface area contributed by atoms with Crippen molar-refractivity contribution >= 4 is 23.6 Å². The summed E-state index contributed by atoms with van der Waals surface area (Å²) in [6.45, 7) is 8.53. The molecule has 1 rings (SSSR count). The number of amides is 3. The number of nitrogens with one attached hydrogen (secondary N) is 4. The second-order valence-corrected chi connectivity index (χ2v) is 7.12. The van der Waals surface area contributed by atoms with E-state index in [4.69, 9.17) is 4.74 Å². The number of alkyl carbamates (subject to hydrolysis) is 1. The van der Waals surface area contributed by atoms with Gasteiger partial charge in [-0.25, -0.2) is 4.79 Å².